The number of benzene rings is 1. The summed E-state index contributed by atoms with van der Waals surface area (Å²) in [5.41, 5.74) is 3.03. The van der Waals surface area contributed by atoms with Gasteiger partial charge < -0.3 is 10.2 Å². The number of anilines is 2. The average Bonchev–Trinajstić information content (AvgIpc) is 2.56. The molecule has 5 heteroatoms. The number of amides is 1. The van der Waals surface area contributed by atoms with E-state index in [1.54, 1.807) is 18.3 Å². The predicted octanol–water partition coefficient (Wildman–Crippen LogP) is 4.53. The van der Waals surface area contributed by atoms with E-state index < -0.39 is 0 Å². The van der Waals surface area contributed by atoms with Crippen molar-refractivity contribution in [1.82, 2.24) is 4.98 Å². The molecule has 0 saturated heterocycles. The zero-order valence-electron chi connectivity index (χ0n) is 13.8. The number of aromatic nitrogens is 1. The molecule has 0 radical (unpaired) electrons. The van der Waals surface area contributed by atoms with Crippen molar-refractivity contribution in [3.63, 3.8) is 0 Å². The van der Waals surface area contributed by atoms with Crippen molar-refractivity contribution in [3.8, 4) is 0 Å². The number of carbonyl (C=O) groups excluding carboxylic acids is 1. The van der Waals surface area contributed by atoms with E-state index in [2.05, 4.69) is 22.1 Å². The van der Waals surface area contributed by atoms with Gasteiger partial charge in [-0.15, -0.1) is 0 Å². The fraction of sp³-hybridized carbons (Fsp3) is 0.333. The van der Waals surface area contributed by atoms with Crippen molar-refractivity contribution in [1.29, 1.82) is 0 Å². The van der Waals surface area contributed by atoms with Crippen LogP contribution in [0.1, 0.15) is 35.8 Å². The minimum Gasteiger partial charge on any atom is -0.373 e. The van der Waals surface area contributed by atoms with Crippen LogP contribution in [0.2, 0.25) is 5.02 Å². The molecule has 0 atom stereocenters. The van der Waals surface area contributed by atoms with Crippen LogP contribution in [0.25, 0.3) is 0 Å². The highest BCUT2D eigenvalue weighted by Crippen LogP contribution is 2.20. The van der Waals surface area contributed by atoms with Gasteiger partial charge in [0.2, 0.25) is 0 Å². The standard InChI is InChI=1S/C18H22ClN3O/c1-4-5-10-22(3)15-8-9-17(20-12-15)18(23)21-14-7-6-13(2)16(19)11-14/h6-9,11-12H,4-5,10H2,1-3H3,(H,21,23). The van der Waals surface area contributed by atoms with E-state index in [9.17, 15) is 4.79 Å². The number of pyridine rings is 1. The van der Waals surface area contributed by atoms with E-state index in [4.69, 9.17) is 11.6 Å². The molecule has 1 amide bonds. The second-order valence-corrected chi connectivity index (χ2v) is 6.00. The Kier molecular flexibility index (Phi) is 5.99. The number of aryl methyl sites for hydroxylation is 1. The van der Waals surface area contributed by atoms with E-state index in [1.807, 2.05) is 32.2 Å². The summed E-state index contributed by atoms with van der Waals surface area (Å²) in [5.74, 6) is -0.243. The number of hydrogen-bond donors (Lipinski definition) is 1. The highest BCUT2D eigenvalue weighted by molar-refractivity contribution is 6.31. The predicted molar refractivity (Wildman–Crippen MR) is 96.6 cm³/mol. The lowest BCUT2D eigenvalue weighted by atomic mass is 10.2. The summed E-state index contributed by atoms with van der Waals surface area (Å²) in [6.45, 7) is 5.06. The van der Waals surface area contributed by atoms with E-state index in [0.29, 0.717) is 16.4 Å². The van der Waals surface area contributed by atoms with Crippen LogP contribution in [0.3, 0.4) is 0 Å². The van der Waals surface area contributed by atoms with Gasteiger partial charge in [-0.3, -0.25) is 4.79 Å². The highest BCUT2D eigenvalue weighted by Gasteiger charge is 2.09. The zero-order chi connectivity index (χ0) is 16.8. The molecule has 0 spiro atoms. The maximum atomic E-state index is 12.2. The molecule has 1 aromatic carbocycles. The zero-order valence-corrected chi connectivity index (χ0v) is 14.5. The van der Waals surface area contributed by atoms with Crippen molar-refractivity contribution in [2.45, 2.75) is 26.7 Å². The van der Waals surface area contributed by atoms with Gasteiger partial charge in [0.05, 0.1) is 11.9 Å². The van der Waals surface area contributed by atoms with Crippen LogP contribution in [-0.4, -0.2) is 24.5 Å². The number of nitrogens with one attached hydrogen (secondary N) is 1. The summed E-state index contributed by atoms with van der Waals surface area (Å²) >= 11 is 6.07. The van der Waals surface area contributed by atoms with Gasteiger partial charge in [-0.2, -0.15) is 0 Å². The second kappa shape index (κ2) is 7.97. The SMILES string of the molecule is CCCCN(C)c1ccc(C(=O)Nc2ccc(C)c(Cl)c2)nc1. The first kappa shape index (κ1) is 17.3. The molecule has 0 unspecified atom stereocenters. The topological polar surface area (TPSA) is 45.2 Å². The first-order chi connectivity index (χ1) is 11.0. The van der Waals surface area contributed by atoms with Crippen LogP contribution >= 0.6 is 11.6 Å². The molecule has 4 nitrogen and oxygen atoms in total. The fourth-order valence-electron chi connectivity index (χ4n) is 2.14. The Labute approximate surface area is 142 Å². The minimum atomic E-state index is -0.243. The lowest BCUT2D eigenvalue weighted by Gasteiger charge is -2.18. The molecule has 0 aliphatic heterocycles. The number of hydrogen-bond acceptors (Lipinski definition) is 3. The number of nitrogens with zero attached hydrogens (tertiary/aromatic N) is 2. The Morgan fingerprint density at radius 1 is 1.30 bits per heavy atom. The van der Waals surface area contributed by atoms with Crippen LogP contribution in [0.5, 0.6) is 0 Å². The summed E-state index contributed by atoms with van der Waals surface area (Å²) in [6.07, 6.45) is 4.01. The van der Waals surface area contributed by atoms with Crippen LogP contribution < -0.4 is 10.2 Å². The second-order valence-electron chi connectivity index (χ2n) is 5.59. The summed E-state index contributed by atoms with van der Waals surface area (Å²) in [4.78, 5) is 18.6. The summed E-state index contributed by atoms with van der Waals surface area (Å²) < 4.78 is 0. The largest absolute Gasteiger partial charge is 0.373 e. The number of carbonyl (C=O) groups is 1. The first-order valence-corrected chi connectivity index (χ1v) is 8.13. The highest BCUT2D eigenvalue weighted by atomic mass is 35.5. The van der Waals surface area contributed by atoms with Gasteiger partial charge in [-0.25, -0.2) is 4.98 Å². The summed E-state index contributed by atoms with van der Waals surface area (Å²) in [7, 11) is 2.03. The Morgan fingerprint density at radius 2 is 2.09 bits per heavy atom. The molecule has 1 aromatic heterocycles. The number of halogens is 1. The maximum absolute atomic E-state index is 12.2. The molecule has 0 aliphatic carbocycles. The molecule has 1 N–H and O–H groups in total. The molecular formula is C18H22ClN3O. The molecule has 2 aromatic rings. The van der Waals surface area contributed by atoms with E-state index in [-0.39, 0.29) is 5.91 Å². The Hall–Kier alpha value is -2.07. The molecular weight excluding hydrogens is 310 g/mol. The molecule has 122 valence electrons. The summed E-state index contributed by atoms with van der Waals surface area (Å²) in [5, 5.41) is 3.44. The van der Waals surface area contributed by atoms with E-state index in [1.165, 1.54) is 0 Å². The molecule has 23 heavy (non-hydrogen) atoms. The normalized spacial score (nSPS) is 10.4. The van der Waals surface area contributed by atoms with Gasteiger partial charge >= 0.3 is 0 Å². The maximum Gasteiger partial charge on any atom is 0.274 e. The van der Waals surface area contributed by atoms with Crippen molar-refractivity contribution in [2.24, 2.45) is 0 Å². The Balaban J connectivity index is 2.03. The smallest absolute Gasteiger partial charge is 0.274 e. The third kappa shape index (κ3) is 4.70. The van der Waals surface area contributed by atoms with Gasteiger partial charge in [-0.1, -0.05) is 31.0 Å². The molecule has 0 saturated carbocycles. The molecule has 1 heterocycles. The van der Waals surface area contributed by atoms with Gasteiger partial charge in [-0.05, 0) is 43.2 Å². The molecule has 2 rings (SSSR count). The van der Waals surface area contributed by atoms with Crippen LogP contribution in [0.15, 0.2) is 36.5 Å². The summed E-state index contributed by atoms with van der Waals surface area (Å²) in [6, 6.07) is 9.09. The number of rotatable bonds is 6. The quantitative estimate of drug-likeness (QED) is 0.845. The van der Waals surface area contributed by atoms with Crippen LogP contribution in [0, 0.1) is 6.92 Å². The third-order valence-electron chi connectivity index (χ3n) is 3.70. The van der Waals surface area contributed by atoms with E-state index in [0.717, 1.165) is 30.6 Å². The van der Waals surface area contributed by atoms with Crippen molar-refractivity contribution < 1.29 is 4.79 Å². The lowest BCUT2D eigenvalue weighted by Crippen LogP contribution is -2.19. The molecule has 0 bridgehead atoms. The lowest BCUT2D eigenvalue weighted by molar-refractivity contribution is 0.102. The molecule has 0 aliphatic rings. The average molecular weight is 332 g/mol. The van der Waals surface area contributed by atoms with Gasteiger partial charge in [0.15, 0.2) is 0 Å². The third-order valence-corrected chi connectivity index (χ3v) is 4.11. The van der Waals surface area contributed by atoms with Crippen LogP contribution in [-0.2, 0) is 0 Å². The van der Waals surface area contributed by atoms with Gasteiger partial charge in [0.1, 0.15) is 5.69 Å². The Bertz CT molecular complexity index is 670. The fourth-order valence-corrected chi connectivity index (χ4v) is 2.32. The Morgan fingerprint density at radius 3 is 2.70 bits per heavy atom. The number of unbranched alkanes of at least 4 members (excludes halogenated alkanes) is 1. The van der Waals surface area contributed by atoms with Gasteiger partial charge in [0.25, 0.3) is 5.91 Å². The van der Waals surface area contributed by atoms with Crippen LogP contribution in [0.4, 0.5) is 11.4 Å². The monoisotopic (exact) mass is 331 g/mol. The first-order valence-electron chi connectivity index (χ1n) is 7.76. The van der Waals surface area contributed by atoms with Crippen molar-refractivity contribution >= 4 is 28.9 Å². The van der Waals surface area contributed by atoms with E-state index >= 15 is 0 Å². The minimum absolute atomic E-state index is 0.243. The van der Waals surface area contributed by atoms with Gasteiger partial charge in [0, 0.05) is 24.3 Å². The van der Waals surface area contributed by atoms with Crippen molar-refractivity contribution in [3.05, 3.63) is 52.8 Å². The molecule has 0 fully saturated rings. The van der Waals surface area contributed by atoms with Crippen molar-refractivity contribution in [2.75, 3.05) is 23.8 Å².